The highest BCUT2D eigenvalue weighted by Gasteiger charge is 2.22. The van der Waals surface area contributed by atoms with Crippen molar-refractivity contribution in [2.75, 3.05) is 23.3 Å². The second kappa shape index (κ2) is 6.68. The van der Waals surface area contributed by atoms with Crippen molar-refractivity contribution in [2.45, 2.75) is 18.9 Å². The molecule has 2 heterocycles. The summed E-state index contributed by atoms with van der Waals surface area (Å²) in [6.07, 6.45) is 5.76. The van der Waals surface area contributed by atoms with Crippen molar-refractivity contribution < 1.29 is 9.18 Å². The SMILES string of the molecule is Cn1cc(N2CCCC(NC(=O)Nc3ccc(F)cc3)C2)cn1. The first-order valence-corrected chi connectivity index (χ1v) is 7.67. The van der Waals surface area contributed by atoms with Crippen LogP contribution in [-0.4, -0.2) is 34.9 Å². The fourth-order valence-electron chi connectivity index (χ4n) is 2.79. The number of hydrogen-bond donors (Lipinski definition) is 2. The Hall–Kier alpha value is -2.57. The van der Waals surface area contributed by atoms with E-state index in [1.165, 1.54) is 24.3 Å². The molecule has 2 aromatic rings. The first-order valence-electron chi connectivity index (χ1n) is 7.67. The summed E-state index contributed by atoms with van der Waals surface area (Å²) in [5.74, 6) is -0.324. The molecule has 3 rings (SSSR count). The average Bonchev–Trinajstić information content (AvgIpc) is 2.96. The number of benzene rings is 1. The Balaban J connectivity index is 1.54. The maximum absolute atomic E-state index is 12.9. The largest absolute Gasteiger partial charge is 0.367 e. The number of anilines is 2. The van der Waals surface area contributed by atoms with Crippen LogP contribution in [0.2, 0.25) is 0 Å². The van der Waals surface area contributed by atoms with Gasteiger partial charge in [-0.05, 0) is 37.1 Å². The lowest BCUT2D eigenvalue weighted by Crippen LogP contribution is -2.48. The summed E-state index contributed by atoms with van der Waals surface area (Å²) in [6, 6.07) is 5.52. The van der Waals surface area contributed by atoms with Gasteiger partial charge in [0.1, 0.15) is 5.82 Å². The van der Waals surface area contributed by atoms with Crippen molar-refractivity contribution in [3.05, 3.63) is 42.5 Å². The number of aromatic nitrogens is 2. The van der Waals surface area contributed by atoms with Crippen LogP contribution in [0.3, 0.4) is 0 Å². The lowest BCUT2D eigenvalue weighted by atomic mass is 10.1. The number of aryl methyl sites for hydroxylation is 1. The summed E-state index contributed by atoms with van der Waals surface area (Å²) in [5.41, 5.74) is 1.64. The van der Waals surface area contributed by atoms with Crippen LogP contribution in [0.4, 0.5) is 20.6 Å². The van der Waals surface area contributed by atoms with Gasteiger partial charge in [0.2, 0.25) is 0 Å². The quantitative estimate of drug-likeness (QED) is 0.913. The third-order valence-electron chi connectivity index (χ3n) is 3.92. The highest BCUT2D eigenvalue weighted by Crippen LogP contribution is 2.19. The molecule has 2 N–H and O–H groups in total. The Morgan fingerprint density at radius 3 is 2.83 bits per heavy atom. The lowest BCUT2D eigenvalue weighted by molar-refractivity contribution is 0.246. The monoisotopic (exact) mass is 317 g/mol. The van der Waals surface area contributed by atoms with Gasteiger partial charge in [-0.3, -0.25) is 4.68 Å². The summed E-state index contributed by atoms with van der Waals surface area (Å²) in [7, 11) is 1.89. The minimum atomic E-state index is -0.324. The van der Waals surface area contributed by atoms with Crippen molar-refractivity contribution in [1.29, 1.82) is 0 Å². The van der Waals surface area contributed by atoms with Crippen LogP contribution in [0.1, 0.15) is 12.8 Å². The van der Waals surface area contributed by atoms with Gasteiger partial charge in [-0.1, -0.05) is 0 Å². The van der Waals surface area contributed by atoms with Crippen LogP contribution in [0, 0.1) is 5.82 Å². The fraction of sp³-hybridized carbons (Fsp3) is 0.375. The maximum Gasteiger partial charge on any atom is 0.319 e. The highest BCUT2D eigenvalue weighted by molar-refractivity contribution is 5.89. The molecule has 0 radical (unpaired) electrons. The number of piperidine rings is 1. The van der Waals surface area contributed by atoms with E-state index in [1.807, 2.05) is 19.4 Å². The summed E-state index contributed by atoms with van der Waals surface area (Å²) in [6.45, 7) is 1.71. The number of rotatable bonds is 3. The third kappa shape index (κ3) is 4.00. The molecule has 7 heteroatoms. The van der Waals surface area contributed by atoms with Gasteiger partial charge in [0.05, 0.1) is 11.9 Å². The Morgan fingerprint density at radius 2 is 2.13 bits per heavy atom. The van der Waals surface area contributed by atoms with Gasteiger partial charge < -0.3 is 15.5 Å². The summed E-state index contributed by atoms with van der Waals surface area (Å²) < 4.78 is 14.6. The molecule has 2 amide bonds. The van der Waals surface area contributed by atoms with E-state index in [0.717, 1.165) is 31.6 Å². The van der Waals surface area contributed by atoms with E-state index in [4.69, 9.17) is 0 Å². The third-order valence-corrected chi connectivity index (χ3v) is 3.92. The van der Waals surface area contributed by atoms with Crippen molar-refractivity contribution in [3.8, 4) is 0 Å². The normalized spacial score (nSPS) is 17.8. The number of carbonyl (C=O) groups excluding carboxylic acids is 1. The summed E-state index contributed by atoms with van der Waals surface area (Å²) >= 11 is 0. The van der Waals surface area contributed by atoms with E-state index in [9.17, 15) is 9.18 Å². The zero-order valence-corrected chi connectivity index (χ0v) is 13.0. The topological polar surface area (TPSA) is 62.2 Å². The van der Waals surface area contributed by atoms with Crippen LogP contribution in [0.5, 0.6) is 0 Å². The molecule has 1 fully saturated rings. The van der Waals surface area contributed by atoms with Gasteiger partial charge in [-0.2, -0.15) is 5.10 Å². The second-order valence-electron chi connectivity index (χ2n) is 5.76. The van der Waals surface area contributed by atoms with Crippen molar-refractivity contribution in [2.24, 2.45) is 7.05 Å². The number of amides is 2. The second-order valence-corrected chi connectivity index (χ2v) is 5.76. The molecule has 1 unspecified atom stereocenters. The molecular weight excluding hydrogens is 297 g/mol. The zero-order valence-electron chi connectivity index (χ0n) is 13.0. The van der Waals surface area contributed by atoms with Crippen LogP contribution in [-0.2, 0) is 7.05 Å². The maximum atomic E-state index is 12.9. The molecule has 0 aliphatic carbocycles. The molecule has 1 atom stereocenters. The Kier molecular flexibility index (Phi) is 4.45. The fourth-order valence-corrected chi connectivity index (χ4v) is 2.79. The minimum absolute atomic E-state index is 0.0735. The highest BCUT2D eigenvalue weighted by atomic mass is 19.1. The van der Waals surface area contributed by atoms with E-state index in [1.54, 1.807) is 4.68 Å². The van der Waals surface area contributed by atoms with Gasteiger partial charge in [0.15, 0.2) is 0 Å². The van der Waals surface area contributed by atoms with E-state index in [-0.39, 0.29) is 17.9 Å². The van der Waals surface area contributed by atoms with Crippen molar-refractivity contribution >= 4 is 17.4 Å². The van der Waals surface area contributed by atoms with Crippen LogP contribution in [0.25, 0.3) is 0 Å². The molecule has 1 saturated heterocycles. The van der Waals surface area contributed by atoms with Gasteiger partial charge in [0.25, 0.3) is 0 Å². The number of hydrogen-bond acceptors (Lipinski definition) is 3. The number of nitrogens with one attached hydrogen (secondary N) is 2. The lowest BCUT2D eigenvalue weighted by Gasteiger charge is -2.33. The summed E-state index contributed by atoms with van der Waals surface area (Å²) in [5, 5.41) is 9.88. The van der Waals surface area contributed by atoms with E-state index in [2.05, 4.69) is 20.6 Å². The molecule has 6 nitrogen and oxygen atoms in total. The predicted molar refractivity (Wildman–Crippen MR) is 87.0 cm³/mol. The standard InChI is InChI=1S/C16H20FN5O/c1-21-11-15(9-18-21)22-8-2-3-14(10-22)20-16(23)19-13-6-4-12(17)5-7-13/h4-7,9,11,14H,2-3,8,10H2,1H3,(H2,19,20,23). The van der Waals surface area contributed by atoms with E-state index < -0.39 is 0 Å². The molecule has 0 bridgehead atoms. The summed E-state index contributed by atoms with van der Waals surface area (Å²) in [4.78, 5) is 14.3. The molecule has 23 heavy (non-hydrogen) atoms. The van der Waals surface area contributed by atoms with Crippen molar-refractivity contribution in [3.63, 3.8) is 0 Å². The van der Waals surface area contributed by atoms with Crippen molar-refractivity contribution in [1.82, 2.24) is 15.1 Å². The average molecular weight is 317 g/mol. The van der Waals surface area contributed by atoms with Crippen LogP contribution < -0.4 is 15.5 Å². The Morgan fingerprint density at radius 1 is 1.35 bits per heavy atom. The number of carbonyl (C=O) groups is 1. The van der Waals surface area contributed by atoms with Crippen LogP contribution in [0.15, 0.2) is 36.7 Å². The molecule has 1 aromatic carbocycles. The molecule has 0 saturated carbocycles. The Labute approximate surface area is 134 Å². The first kappa shape index (κ1) is 15.3. The zero-order chi connectivity index (χ0) is 16.2. The van der Waals surface area contributed by atoms with E-state index >= 15 is 0 Å². The smallest absolute Gasteiger partial charge is 0.319 e. The van der Waals surface area contributed by atoms with Gasteiger partial charge in [-0.15, -0.1) is 0 Å². The number of urea groups is 1. The molecule has 1 aromatic heterocycles. The van der Waals surface area contributed by atoms with E-state index in [0.29, 0.717) is 5.69 Å². The molecule has 1 aliphatic rings. The van der Waals surface area contributed by atoms with Gasteiger partial charge in [0, 0.05) is 38.1 Å². The molecule has 0 spiro atoms. The number of halogens is 1. The number of nitrogens with zero attached hydrogens (tertiary/aromatic N) is 3. The van der Waals surface area contributed by atoms with Crippen LogP contribution >= 0.6 is 0 Å². The molecular formula is C16H20FN5O. The molecule has 122 valence electrons. The molecule has 1 aliphatic heterocycles. The predicted octanol–water partition coefficient (Wildman–Crippen LogP) is 2.35. The minimum Gasteiger partial charge on any atom is -0.367 e. The first-order chi connectivity index (χ1) is 11.1. The van der Waals surface area contributed by atoms with Gasteiger partial charge >= 0.3 is 6.03 Å². The Bertz CT molecular complexity index is 669. The van der Waals surface area contributed by atoms with Gasteiger partial charge in [-0.25, -0.2) is 9.18 Å².